The summed E-state index contributed by atoms with van der Waals surface area (Å²) in [5.41, 5.74) is 8.71. The second-order valence-electron chi connectivity index (χ2n) is 3.64. The maximum atomic E-state index is 12.4. The van der Waals surface area contributed by atoms with Gasteiger partial charge in [-0.2, -0.15) is 0 Å². The van der Waals surface area contributed by atoms with Crippen LogP contribution in [0.2, 0.25) is 0 Å². The van der Waals surface area contributed by atoms with Crippen LogP contribution < -0.4 is 5.73 Å². The van der Waals surface area contributed by atoms with E-state index in [9.17, 15) is 4.39 Å². The van der Waals surface area contributed by atoms with Crippen molar-refractivity contribution < 1.29 is 4.39 Å². The lowest BCUT2D eigenvalue weighted by Crippen LogP contribution is -2.00. The van der Waals surface area contributed by atoms with Crippen LogP contribution in [0.4, 0.5) is 4.39 Å². The molecule has 2 heteroatoms. The second-order valence-corrected chi connectivity index (χ2v) is 3.64. The molecule has 0 bridgehead atoms. The lowest BCUT2D eigenvalue weighted by molar-refractivity contribution is 0.485. The van der Waals surface area contributed by atoms with Crippen LogP contribution in [-0.4, -0.2) is 6.54 Å². The number of hydrogen-bond acceptors (Lipinski definition) is 1. The second kappa shape index (κ2) is 5.76. The van der Waals surface area contributed by atoms with Crippen molar-refractivity contribution >= 4 is 0 Å². The van der Waals surface area contributed by atoms with E-state index >= 15 is 0 Å². The van der Waals surface area contributed by atoms with Gasteiger partial charge >= 0.3 is 0 Å². The summed E-state index contributed by atoms with van der Waals surface area (Å²) in [6.07, 6.45) is 3.14. The third-order valence-corrected chi connectivity index (χ3v) is 2.47. The first-order chi connectivity index (χ1) is 6.77. The van der Waals surface area contributed by atoms with Gasteiger partial charge in [0.15, 0.2) is 0 Å². The van der Waals surface area contributed by atoms with E-state index in [4.69, 9.17) is 5.73 Å². The third kappa shape index (κ3) is 3.11. The van der Waals surface area contributed by atoms with E-state index in [2.05, 4.69) is 6.92 Å². The van der Waals surface area contributed by atoms with Crippen molar-refractivity contribution in [2.24, 2.45) is 5.73 Å². The Balaban J connectivity index is 2.64. The molecule has 0 aliphatic rings. The fourth-order valence-corrected chi connectivity index (χ4v) is 1.54. The zero-order valence-corrected chi connectivity index (χ0v) is 8.72. The van der Waals surface area contributed by atoms with Crippen LogP contribution in [0, 0.1) is 6.92 Å². The van der Waals surface area contributed by atoms with Crippen LogP contribution in [0.15, 0.2) is 18.2 Å². The van der Waals surface area contributed by atoms with Crippen molar-refractivity contribution in [3.05, 3.63) is 34.9 Å². The zero-order valence-electron chi connectivity index (χ0n) is 8.72. The molecule has 2 N–H and O–H groups in total. The third-order valence-electron chi connectivity index (χ3n) is 2.47. The van der Waals surface area contributed by atoms with Crippen molar-refractivity contribution in [2.45, 2.75) is 32.9 Å². The molecule has 78 valence electrons. The summed E-state index contributed by atoms with van der Waals surface area (Å²) >= 11 is 0. The molecule has 0 heterocycles. The van der Waals surface area contributed by atoms with Gasteiger partial charge in [0.25, 0.3) is 0 Å². The molecule has 0 radical (unpaired) electrons. The number of rotatable bonds is 5. The first-order valence-corrected chi connectivity index (χ1v) is 5.12. The van der Waals surface area contributed by atoms with Crippen molar-refractivity contribution in [1.82, 2.24) is 0 Å². The van der Waals surface area contributed by atoms with Crippen molar-refractivity contribution in [1.29, 1.82) is 0 Å². The summed E-state index contributed by atoms with van der Waals surface area (Å²) in [5, 5.41) is 0. The van der Waals surface area contributed by atoms with Crippen LogP contribution in [0.1, 0.15) is 29.5 Å². The average molecular weight is 195 g/mol. The van der Waals surface area contributed by atoms with Crippen LogP contribution in [0.5, 0.6) is 0 Å². The van der Waals surface area contributed by atoms with Gasteiger partial charge in [0.1, 0.15) is 6.67 Å². The lowest BCUT2D eigenvalue weighted by atomic mass is 10.0. The number of nitrogens with two attached hydrogens (primary N) is 1. The smallest absolute Gasteiger partial charge is 0.115 e. The standard InChI is InChI=1S/C12H18FN/c1-10-5-6-11(9-13)8-12(10)4-2-3-7-14/h5-6,8H,2-4,7,9,14H2,1H3. The number of benzene rings is 1. The van der Waals surface area contributed by atoms with Gasteiger partial charge in [-0.3, -0.25) is 0 Å². The Bertz CT molecular complexity index is 284. The monoisotopic (exact) mass is 195 g/mol. The highest BCUT2D eigenvalue weighted by Crippen LogP contribution is 2.14. The average Bonchev–Trinajstić information content (AvgIpc) is 2.21. The number of unbranched alkanes of at least 4 members (excludes halogenated alkanes) is 1. The summed E-state index contributed by atoms with van der Waals surface area (Å²) in [6, 6.07) is 5.81. The predicted molar refractivity (Wildman–Crippen MR) is 58.0 cm³/mol. The Morgan fingerprint density at radius 2 is 2.07 bits per heavy atom. The first kappa shape index (κ1) is 11.2. The maximum absolute atomic E-state index is 12.4. The molecular weight excluding hydrogens is 177 g/mol. The van der Waals surface area contributed by atoms with Gasteiger partial charge in [-0.05, 0) is 49.4 Å². The lowest BCUT2D eigenvalue weighted by Gasteiger charge is -2.06. The maximum Gasteiger partial charge on any atom is 0.115 e. The fraction of sp³-hybridized carbons (Fsp3) is 0.500. The fourth-order valence-electron chi connectivity index (χ4n) is 1.54. The number of alkyl halides is 1. The minimum absolute atomic E-state index is 0.371. The van der Waals surface area contributed by atoms with Crippen LogP contribution in [-0.2, 0) is 13.1 Å². The molecule has 0 spiro atoms. The molecular formula is C12H18FN. The van der Waals surface area contributed by atoms with Crippen molar-refractivity contribution in [3.8, 4) is 0 Å². The summed E-state index contributed by atoms with van der Waals surface area (Å²) in [7, 11) is 0. The largest absolute Gasteiger partial charge is 0.330 e. The number of halogens is 1. The molecule has 1 nitrogen and oxygen atoms in total. The molecule has 1 aromatic rings. The molecule has 1 rings (SSSR count). The van der Waals surface area contributed by atoms with E-state index in [0.717, 1.165) is 31.4 Å². The van der Waals surface area contributed by atoms with Gasteiger partial charge in [-0.25, -0.2) is 4.39 Å². The SMILES string of the molecule is Cc1ccc(CF)cc1CCCCN. The topological polar surface area (TPSA) is 26.0 Å². The van der Waals surface area contributed by atoms with E-state index in [0.29, 0.717) is 0 Å². The van der Waals surface area contributed by atoms with Crippen molar-refractivity contribution in [3.63, 3.8) is 0 Å². The van der Waals surface area contributed by atoms with Gasteiger partial charge in [0.05, 0.1) is 0 Å². The highest BCUT2D eigenvalue weighted by Gasteiger charge is 2.00. The molecule has 0 unspecified atom stereocenters. The van der Waals surface area contributed by atoms with E-state index in [1.807, 2.05) is 18.2 Å². The molecule has 0 aliphatic carbocycles. The molecule has 0 aromatic heterocycles. The molecule has 0 saturated heterocycles. The first-order valence-electron chi connectivity index (χ1n) is 5.12. The van der Waals surface area contributed by atoms with Crippen LogP contribution >= 0.6 is 0 Å². The van der Waals surface area contributed by atoms with E-state index < -0.39 is 0 Å². The van der Waals surface area contributed by atoms with E-state index in [1.54, 1.807) is 0 Å². The van der Waals surface area contributed by atoms with Gasteiger partial charge in [-0.15, -0.1) is 0 Å². The van der Waals surface area contributed by atoms with Crippen LogP contribution in [0.25, 0.3) is 0 Å². The van der Waals surface area contributed by atoms with E-state index in [-0.39, 0.29) is 6.67 Å². The summed E-state index contributed by atoms with van der Waals surface area (Å²) in [4.78, 5) is 0. The Hall–Kier alpha value is -0.890. The minimum atomic E-state index is -0.371. The van der Waals surface area contributed by atoms with Crippen molar-refractivity contribution in [2.75, 3.05) is 6.54 Å². The molecule has 0 saturated carbocycles. The zero-order chi connectivity index (χ0) is 10.4. The summed E-state index contributed by atoms with van der Waals surface area (Å²) in [6.45, 7) is 2.44. The number of hydrogen-bond donors (Lipinski definition) is 1. The van der Waals surface area contributed by atoms with Gasteiger partial charge in [0.2, 0.25) is 0 Å². The Morgan fingerprint density at radius 1 is 1.29 bits per heavy atom. The number of aryl methyl sites for hydroxylation is 2. The Morgan fingerprint density at radius 3 is 2.71 bits per heavy atom. The highest BCUT2D eigenvalue weighted by atomic mass is 19.1. The Kier molecular flexibility index (Phi) is 4.60. The molecule has 1 aromatic carbocycles. The van der Waals surface area contributed by atoms with Crippen LogP contribution in [0.3, 0.4) is 0 Å². The summed E-state index contributed by atoms with van der Waals surface area (Å²) in [5.74, 6) is 0. The van der Waals surface area contributed by atoms with Gasteiger partial charge in [-0.1, -0.05) is 18.2 Å². The normalized spacial score (nSPS) is 10.5. The summed E-state index contributed by atoms with van der Waals surface area (Å²) < 4.78 is 12.4. The quantitative estimate of drug-likeness (QED) is 0.718. The Labute approximate surface area is 85.1 Å². The van der Waals surface area contributed by atoms with E-state index in [1.165, 1.54) is 11.1 Å². The molecule has 0 aliphatic heterocycles. The molecule has 0 amide bonds. The van der Waals surface area contributed by atoms with Gasteiger partial charge < -0.3 is 5.73 Å². The minimum Gasteiger partial charge on any atom is -0.330 e. The molecule has 0 atom stereocenters. The predicted octanol–water partition coefficient (Wildman–Crippen LogP) is 2.75. The molecule has 0 fully saturated rings. The molecule has 14 heavy (non-hydrogen) atoms. The highest BCUT2D eigenvalue weighted by molar-refractivity contribution is 5.30. The van der Waals surface area contributed by atoms with Gasteiger partial charge in [0, 0.05) is 0 Å².